The van der Waals surface area contributed by atoms with Gasteiger partial charge < -0.3 is 5.32 Å². The lowest BCUT2D eigenvalue weighted by Gasteiger charge is -2.06. The molecule has 0 radical (unpaired) electrons. The maximum absolute atomic E-state index is 11.8. The molecule has 0 saturated heterocycles. The number of nitrogens with one attached hydrogen (secondary N) is 1. The second-order valence-electron chi connectivity index (χ2n) is 3.63. The highest BCUT2D eigenvalue weighted by molar-refractivity contribution is 6.33. The molecule has 0 bridgehead atoms. The molecule has 92 valence electrons. The van der Waals surface area contributed by atoms with Gasteiger partial charge in [0, 0.05) is 18.6 Å². The first-order chi connectivity index (χ1) is 8.66. The molecule has 2 aromatic rings. The minimum absolute atomic E-state index is 0.274. The third-order valence-electron chi connectivity index (χ3n) is 2.28. The van der Waals surface area contributed by atoms with Gasteiger partial charge >= 0.3 is 0 Å². The summed E-state index contributed by atoms with van der Waals surface area (Å²) < 4.78 is 0. The van der Waals surface area contributed by atoms with Crippen LogP contribution in [-0.4, -0.2) is 20.9 Å². The zero-order valence-electron chi connectivity index (χ0n) is 9.72. The molecule has 0 saturated carbocycles. The van der Waals surface area contributed by atoms with Crippen LogP contribution < -0.4 is 5.32 Å². The number of aromatic nitrogens is 3. The zero-order valence-corrected chi connectivity index (χ0v) is 10.5. The van der Waals surface area contributed by atoms with Gasteiger partial charge in [0.1, 0.15) is 5.82 Å². The van der Waals surface area contributed by atoms with Gasteiger partial charge in [-0.3, -0.25) is 9.78 Å². The van der Waals surface area contributed by atoms with Crippen LogP contribution in [0.4, 0.5) is 0 Å². The Hall–Kier alpha value is -2.01. The van der Waals surface area contributed by atoms with Crippen molar-refractivity contribution in [3.63, 3.8) is 0 Å². The van der Waals surface area contributed by atoms with Crippen molar-refractivity contribution < 1.29 is 4.79 Å². The summed E-state index contributed by atoms with van der Waals surface area (Å²) >= 11 is 5.90. The quantitative estimate of drug-likeness (QED) is 0.915. The molecule has 0 aromatic carbocycles. The third kappa shape index (κ3) is 3.01. The number of nitrogens with zero attached hydrogens (tertiary/aromatic N) is 3. The van der Waals surface area contributed by atoms with E-state index in [-0.39, 0.29) is 5.91 Å². The number of rotatable bonds is 3. The van der Waals surface area contributed by atoms with Gasteiger partial charge in [-0.2, -0.15) is 0 Å². The van der Waals surface area contributed by atoms with Gasteiger partial charge in [0.15, 0.2) is 0 Å². The van der Waals surface area contributed by atoms with Gasteiger partial charge in [0.25, 0.3) is 5.91 Å². The molecule has 1 amide bonds. The topological polar surface area (TPSA) is 67.8 Å². The first kappa shape index (κ1) is 12.4. The fourth-order valence-electron chi connectivity index (χ4n) is 1.41. The van der Waals surface area contributed by atoms with Crippen molar-refractivity contribution >= 4 is 17.5 Å². The summed E-state index contributed by atoms with van der Waals surface area (Å²) in [7, 11) is 0. The normalized spacial score (nSPS) is 10.1. The first-order valence-corrected chi connectivity index (χ1v) is 5.71. The molecule has 0 unspecified atom stereocenters. The van der Waals surface area contributed by atoms with Crippen molar-refractivity contribution in [2.24, 2.45) is 0 Å². The van der Waals surface area contributed by atoms with E-state index < -0.39 is 0 Å². The average Bonchev–Trinajstić information content (AvgIpc) is 2.37. The summed E-state index contributed by atoms with van der Waals surface area (Å²) in [6.45, 7) is 2.12. The second kappa shape index (κ2) is 5.55. The van der Waals surface area contributed by atoms with Crippen LogP contribution in [0, 0.1) is 6.92 Å². The molecule has 6 heteroatoms. The van der Waals surface area contributed by atoms with Crippen molar-refractivity contribution in [3.8, 4) is 0 Å². The number of hydrogen-bond acceptors (Lipinski definition) is 4. The van der Waals surface area contributed by atoms with Crippen molar-refractivity contribution in [1.82, 2.24) is 20.3 Å². The minimum atomic E-state index is -0.274. The Morgan fingerprint density at radius 1 is 1.39 bits per heavy atom. The molecule has 1 N–H and O–H groups in total. The highest BCUT2D eigenvalue weighted by Crippen LogP contribution is 2.13. The van der Waals surface area contributed by atoms with Crippen molar-refractivity contribution in [2.75, 3.05) is 0 Å². The van der Waals surface area contributed by atoms with Gasteiger partial charge in [-0.15, -0.1) is 0 Å². The maximum Gasteiger partial charge on any atom is 0.254 e. The van der Waals surface area contributed by atoms with Crippen LogP contribution in [-0.2, 0) is 6.54 Å². The Morgan fingerprint density at radius 3 is 2.94 bits per heavy atom. The maximum atomic E-state index is 11.8. The highest BCUT2D eigenvalue weighted by Gasteiger charge is 2.09. The van der Waals surface area contributed by atoms with Crippen molar-refractivity contribution in [1.29, 1.82) is 0 Å². The number of aryl methyl sites for hydroxylation is 1. The van der Waals surface area contributed by atoms with E-state index in [2.05, 4.69) is 20.3 Å². The van der Waals surface area contributed by atoms with E-state index in [0.717, 1.165) is 5.69 Å². The Kier molecular flexibility index (Phi) is 3.84. The molecule has 0 spiro atoms. The van der Waals surface area contributed by atoms with E-state index in [1.54, 1.807) is 25.3 Å². The highest BCUT2D eigenvalue weighted by atomic mass is 35.5. The summed E-state index contributed by atoms with van der Waals surface area (Å²) in [4.78, 5) is 23.9. The van der Waals surface area contributed by atoms with Crippen molar-refractivity contribution in [3.05, 3.63) is 52.8 Å². The molecule has 5 nitrogen and oxygen atoms in total. The average molecular weight is 263 g/mol. The molecule has 0 atom stereocenters. The predicted octanol–water partition coefficient (Wildman–Crippen LogP) is 1.76. The Balaban J connectivity index is 2.03. The number of hydrogen-bond donors (Lipinski definition) is 1. The number of carbonyl (C=O) groups is 1. The van der Waals surface area contributed by atoms with E-state index in [1.165, 1.54) is 12.4 Å². The summed E-state index contributed by atoms with van der Waals surface area (Å²) in [6.07, 6.45) is 4.62. The number of carbonyl (C=O) groups excluding carboxylic acids is 1. The summed E-state index contributed by atoms with van der Waals surface area (Å²) in [5.74, 6) is 0.394. The molecule has 2 aromatic heterocycles. The molecule has 0 aliphatic carbocycles. The third-order valence-corrected chi connectivity index (χ3v) is 2.61. The number of amides is 1. The van der Waals surface area contributed by atoms with Gasteiger partial charge in [-0.25, -0.2) is 9.97 Å². The minimum Gasteiger partial charge on any atom is -0.346 e. The molecule has 18 heavy (non-hydrogen) atoms. The smallest absolute Gasteiger partial charge is 0.254 e. The lowest BCUT2D eigenvalue weighted by atomic mass is 10.2. The molecule has 2 heterocycles. The lowest BCUT2D eigenvalue weighted by molar-refractivity contribution is 0.0950. The molecule has 0 aliphatic heterocycles. The largest absolute Gasteiger partial charge is 0.346 e. The van der Waals surface area contributed by atoms with Crippen LogP contribution in [0.25, 0.3) is 0 Å². The molecule has 0 aliphatic rings. The van der Waals surface area contributed by atoms with Gasteiger partial charge in [-0.05, 0) is 19.1 Å². The van der Waals surface area contributed by atoms with Crippen LogP contribution >= 0.6 is 11.6 Å². The van der Waals surface area contributed by atoms with Crippen LogP contribution in [0.2, 0.25) is 5.02 Å². The number of halogens is 1. The zero-order chi connectivity index (χ0) is 13.0. The molecular weight excluding hydrogens is 252 g/mol. The molecular formula is C12H11ClN4O. The Bertz CT molecular complexity index is 574. The van der Waals surface area contributed by atoms with Gasteiger partial charge in [0.2, 0.25) is 0 Å². The Labute approximate surface area is 109 Å². The van der Waals surface area contributed by atoms with Crippen LogP contribution in [0.15, 0.2) is 30.7 Å². The second-order valence-corrected chi connectivity index (χ2v) is 4.04. The molecule has 2 rings (SSSR count). The van der Waals surface area contributed by atoms with Crippen molar-refractivity contribution in [2.45, 2.75) is 13.5 Å². The van der Waals surface area contributed by atoms with E-state index >= 15 is 0 Å². The summed E-state index contributed by atoms with van der Waals surface area (Å²) in [5.41, 5.74) is 1.10. The Morgan fingerprint density at radius 2 is 2.22 bits per heavy atom. The van der Waals surface area contributed by atoms with Gasteiger partial charge in [0.05, 0.1) is 22.8 Å². The van der Waals surface area contributed by atoms with E-state index in [4.69, 9.17) is 11.6 Å². The summed E-state index contributed by atoms with van der Waals surface area (Å²) in [5, 5.41) is 3.11. The number of pyridine rings is 1. The van der Waals surface area contributed by atoms with Crippen LogP contribution in [0.3, 0.4) is 0 Å². The fraction of sp³-hybridized carbons (Fsp3) is 0.167. The standard InChI is InChI=1S/C12H11ClN4O/c1-8-15-5-2-9(17-8)6-16-12(18)10-7-14-4-3-11(10)13/h2-5,7H,6H2,1H3,(H,16,18). The van der Waals surface area contributed by atoms with E-state index in [1.807, 2.05) is 0 Å². The van der Waals surface area contributed by atoms with Crippen LogP contribution in [0.1, 0.15) is 21.9 Å². The SMILES string of the molecule is Cc1nccc(CNC(=O)c2cnccc2Cl)n1. The summed E-state index contributed by atoms with van der Waals surface area (Å²) in [6, 6.07) is 3.32. The fourth-order valence-corrected chi connectivity index (χ4v) is 1.61. The predicted molar refractivity (Wildman–Crippen MR) is 67.2 cm³/mol. The lowest BCUT2D eigenvalue weighted by Crippen LogP contribution is -2.23. The van der Waals surface area contributed by atoms with E-state index in [0.29, 0.717) is 23.0 Å². The molecule has 0 fully saturated rings. The van der Waals surface area contributed by atoms with Crippen LogP contribution in [0.5, 0.6) is 0 Å². The first-order valence-electron chi connectivity index (χ1n) is 5.33. The monoisotopic (exact) mass is 262 g/mol. The van der Waals surface area contributed by atoms with E-state index in [9.17, 15) is 4.79 Å². The van der Waals surface area contributed by atoms with Gasteiger partial charge in [-0.1, -0.05) is 11.6 Å².